The van der Waals surface area contributed by atoms with Crippen molar-refractivity contribution in [1.29, 1.82) is 0 Å². The standard InChI is InChI=1S/C24H53N3O/c1-5-6-7-13-18-24(27,19-14-9-11-16-21-26)23(4,28)22(2,3)17-12-8-10-15-20-25/h28H,5-21,25-27H2,1-4H3. The van der Waals surface area contributed by atoms with Crippen LogP contribution in [0.5, 0.6) is 0 Å². The minimum absolute atomic E-state index is 0.202. The van der Waals surface area contributed by atoms with E-state index in [4.69, 9.17) is 17.2 Å². The van der Waals surface area contributed by atoms with Gasteiger partial charge in [0.25, 0.3) is 0 Å². The first-order valence-electron chi connectivity index (χ1n) is 12.1. The van der Waals surface area contributed by atoms with Gasteiger partial charge < -0.3 is 22.3 Å². The molecule has 2 unspecified atom stereocenters. The van der Waals surface area contributed by atoms with Crippen molar-refractivity contribution in [2.45, 2.75) is 135 Å². The van der Waals surface area contributed by atoms with E-state index in [0.717, 1.165) is 77.3 Å². The van der Waals surface area contributed by atoms with Crippen LogP contribution in [0.1, 0.15) is 124 Å². The molecule has 0 rings (SSSR count). The van der Waals surface area contributed by atoms with Crippen LogP contribution < -0.4 is 17.2 Å². The van der Waals surface area contributed by atoms with Gasteiger partial charge in [0.05, 0.1) is 5.60 Å². The molecule has 0 bridgehead atoms. The fourth-order valence-electron chi connectivity index (χ4n) is 4.40. The van der Waals surface area contributed by atoms with Gasteiger partial charge >= 0.3 is 0 Å². The normalized spacial score (nSPS) is 16.7. The molecule has 170 valence electrons. The topological polar surface area (TPSA) is 98.3 Å². The van der Waals surface area contributed by atoms with E-state index in [1.807, 2.05) is 6.92 Å². The number of hydrogen-bond acceptors (Lipinski definition) is 4. The first kappa shape index (κ1) is 27.8. The molecule has 0 saturated heterocycles. The molecule has 4 heteroatoms. The lowest BCUT2D eigenvalue weighted by Gasteiger charge is -2.52. The molecule has 0 spiro atoms. The summed E-state index contributed by atoms with van der Waals surface area (Å²) in [5, 5.41) is 11.8. The quantitative estimate of drug-likeness (QED) is 0.223. The van der Waals surface area contributed by atoms with Gasteiger partial charge in [0.15, 0.2) is 0 Å². The number of unbranched alkanes of at least 4 members (excludes halogenated alkanes) is 9. The second-order valence-corrected chi connectivity index (χ2v) is 9.83. The van der Waals surface area contributed by atoms with Gasteiger partial charge in [-0.15, -0.1) is 0 Å². The van der Waals surface area contributed by atoms with Gasteiger partial charge in [0.1, 0.15) is 0 Å². The van der Waals surface area contributed by atoms with Crippen LogP contribution in [0.3, 0.4) is 0 Å². The fourth-order valence-corrected chi connectivity index (χ4v) is 4.40. The van der Waals surface area contributed by atoms with Crippen LogP contribution in [-0.2, 0) is 0 Å². The summed E-state index contributed by atoms with van der Waals surface area (Å²) in [7, 11) is 0. The van der Waals surface area contributed by atoms with Crippen molar-refractivity contribution in [3.05, 3.63) is 0 Å². The van der Waals surface area contributed by atoms with E-state index in [-0.39, 0.29) is 5.41 Å². The third kappa shape index (κ3) is 9.56. The third-order valence-electron chi connectivity index (χ3n) is 7.10. The summed E-state index contributed by atoms with van der Waals surface area (Å²) < 4.78 is 0. The van der Waals surface area contributed by atoms with E-state index in [1.165, 1.54) is 32.1 Å². The molecule has 0 aromatic heterocycles. The first-order chi connectivity index (χ1) is 13.2. The van der Waals surface area contributed by atoms with Crippen molar-refractivity contribution in [2.75, 3.05) is 13.1 Å². The summed E-state index contributed by atoms with van der Waals surface area (Å²) in [6.45, 7) is 10.2. The Morgan fingerprint density at radius 3 is 1.43 bits per heavy atom. The summed E-state index contributed by atoms with van der Waals surface area (Å²) in [6, 6.07) is 0. The Kier molecular flexibility index (Phi) is 14.7. The molecule has 0 radical (unpaired) electrons. The maximum absolute atomic E-state index is 11.8. The van der Waals surface area contributed by atoms with Crippen molar-refractivity contribution >= 4 is 0 Å². The Morgan fingerprint density at radius 1 is 0.607 bits per heavy atom. The Balaban J connectivity index is 4.99. The Morgan fingerprint density at radius 2 is 1.00 bits per heavy atom. The van der Waals surface area contributed by atoms with E-state index in [9.17, 15) is 5.11 Å². The Labute approximate surface area is 176 Å². The van der Waals surface area contributed by atoms with Crippen LogP contribution in [0.25, 0.3) is 0 Å². The smallest absolute Gasteiger partial charge is 0.0848 e. The second kappa shape index (κ2) is 14.8. The SMILES string of the molecule is CCCCCCC(N)(CCCCCCN)C(C)(O)C(C)(C)CCCCCCN. The predicted octanol–water partition coefficient (Wildman–Crippen LogP) is 5.25. The average Bonchev–Trinajstić information content (AvgIpc) is 2.64. The molecule has 0 heterocycles. The maximum Gasteiger partial charge on any atom is 0.0848 e. The Bertz CT molecular complexity index is 371. The lowest BCUT2D eigenvalue weighted by atomic mass is 9.60. The summed E-state index contributed by atoms with van der Waals surface area (Å²) in [5.74, 6) is 0. The van der Waals surface area contributed by atoms with Crippen LogP contribution in [-0.4, -0.2) is 29.3 Å². The van der Waals surface area contributed by atoms with Crippen LogP contribution >= 0.6 is 0 Å². The highest BCUT2D eigenvalue weighted by molar-refractivity contribution is 5.08. The van der Waals surface area contributed by atoms with Gasteiger partial charge in [-0.25, -0.2) is 0 Å². The minimum atomic E-state index is -0.881. The van der Waals surface area contributed by atoms with E-state index in [2.05, 4.69) is 20.8 Å². The zero-order valence-corrected chi connectivity index (χ0v) is 19.7. The van der Waals surface area contributed by atoms with Crippen molar-refractivity contribution in [2.24, 2.45) is 22.6 Å². The van der Waals surface area contributed by atoms with Gasteiger partial charge in [-0.05, 0) is 57.5 Å². The monoisotopic (exact) mass is 399 g/mol. The summed E-state index contributed by atoms with van der Waals surface area (Å²) in [4.78, 5) is 0. The first-order valence-corrected chi connectivity index (χ1v) is 12.1. The van der Waals surface area contributed by atoms with Crippen LogP contribution in [0.2, 0.25) is 0 Å². The van der Waals surface area contributed by atoms with E-state index in [0.29, 0.717) is 0 Å². The zero-order valence-electron chi connectivity index (χ0n) is 19.7. The molecular formula is C24H53N3O. The maximum atomic E-state index is 11.8. The molecule has 4 nitrogen and oxygen atoms in total. The zero-order chi connectivity index (χ0) is 21.5. The molecule has 0 aliphatic carbocycles. The molecular weight excluding hydrogens is 346 g/mol. The van der Waals surface area contributed by atoms with Gasteiger partial charge in [-0.3, -0.25) is 0 Å². The van der Waals surface area contributed by atoms with Crippen molar-refractivity contribution in [3.8, 4) is 0 Å². The highest BCUT2D eigenvalue weighted by atomic mass is 16.3. The van der Waals surface area contributed by atoms with Gasteiger partial charge in [-0.1, -0.05) is 85.0 Å². The highest BCUT2D eigenvalue weighted by Gasteiger charge is 2.52. The minimum Gasteiger partial charge on any atom is -0.388 e. The van der Waals surface area contributed by atoms with Crippen molar-refractivity contribution in [3.63, 3.8) is 0 Å². The van der Waals surface area contributed by atoms with Gasteiger partial charge in [0, 0.05) is 5.54 Å². The van der Waals surface area contributed by atoms with E-state index in [1.54, 1.807) is 0 Å². The van der Waals surface area contributed by atoms with Crippen LogP contribution in [0.4, 0.5) is 0 Å². The largest absolute Gasteiger partial charge is 0.388 e. The van der Waals surface area contributed by atoms with Crippen molar-refractivity contribution < 1.29 is 5.11 Å². The van der Waals surface area contributed by atoms with E-state index < -0.39 is 11.1 Å². The number of aliphatic hydroxyl groups is 1. The molecule has 28 heavy (non-hydrogen) atoms. The van der Waals surface area contributed by atoms with Crippen molar-refractivity contribution in [1.82, 2.24) is 0 Å². The molecule has 7 N–H and O–H groups in total. The second-order valence-electron chi connectivity index (χ2n) is 9.83. The average molecular weight is 400 g/mol. The molecule has 0 saturated carbocycles. The summed E-state index contributed by atoms with van der Waals surface area (Å²) in [5.41, 5.74) is 16.6. The molecule has 0 aromatic rings. The fraction of sp³-hybridized carbons (Fsp3) is 1.00. The molecule has 0 amide bonds. The number of rotatable bonds is 19. The summed E-state index contributed by atoms with van der Waals surface area (Å²) in [6.07, 6.45) is 16.7. The predicted molar refractivity (Wildman–Crippen MR) is 124 cm³/mol. The molecule has 2 atom stereocenters. The summed E-state index contributed by atoms with van der Waals surface area (Å²) >= 11 is 0. The van der Waals surface area contributed by atoms with Gasteiger partial charge in [-0.2, -0.15) is 0 Å². The Hall–Kier alpha value is -0.160. The molecule has 0 fully saturated rings. The highest BCUT2D eigenvalue weighted by Crippen LogP contribution is 2.45. The number of nitrogens with two attached hydrogens (primary N) is 3. The van der Waals surface area contributed by atoms with Crippen LogP contribution in [0, 0.1) is 5.41 Å². The van der Waals surface area contributed by atoms with E-state index >= 15 is 0 Å². The van der Waals surface area contributed by atoms with Crippen LogP contribution in [0.15, 0.2) is 0 Å². The molecule has 0 aliphatic heterocycles. The lowest BCUT2D eigenvalue weighted by Crippen LogP contribution is -2.65. The van der Waals surface area contributed by atoms with Gasteiger partial charge in [0.2, 0.25) is 0 Å². The third-order valence-corrected chi connectivity index (χ3v) is 7.10. The molecule has 0 aliphatic rings. The lowest BCUT2D eigenvalue weighted by molar-refractivity contribution is -0.121. The molecule has 0 aromatic carbocycles. The number of hydrogen-bond donors (Lipinski definition) is 4.